The summed E-state index contributed by atoms with van der Waals surface area (Å²) in [6.45, 7) is 1.15. The molecule has 1 fully saturated rings. The number of carbonyl (C=O) groups excluding carboxylic acids is 3. The number of nitrogens with zero attached hydrogens (tertiary/aromatic N) is 1. The van der Waals surface area contributed by atoms with Gasteiger partial charge in [-0.25, -0.2) is 4.79 Å². The Morgan fingerprint density at radius 3 is 2.67 bits per heavy atom. The normalized spacial score (nSPS) is 19.0. The van der Waals surface area contributed by atoms with E-state index in [4.69, 9.17) is 16.3 Å². The van der Waals surface area contributed by atoms with Crippen molar-refractivity contribution in [1.82, 2.24) is 10.2 Å². The maximum absolute atomic E-state index is 12.9. The van der Waals surface area contributed by atoms with Gasteiger partial charge in [0.25, 0.3) is 5.91 Å². The number of benzene rings is 2. The quantitative estimate of drug-likeness (QED) is 0.772. The van der Waals surface area contributed by atoms with E-state index in [9.17, 15) is 14.4 Å². The van der Waals surface area contributed by atoms with Crippen LogP contribution in [0.1, 0.15) is 12.5 Å². The Hall–Kier alpha value is -3.06. The molecule has 2 N–H and O–H groups in total. The Morgan fingerprint density at radius 2 is 1.96 bits per heavy atom. The molecule has 140 valence electrons. The van der Waals surface area contributed by atoms with Gasteiger partial charge in [0.1, 0.15) is 17.8 Å². The van der Waals surface area contributed by atoms with Crippen molar-refractivity contribution in [3.05, 3.63) is 59.1 Å². The monoisotopic (exact) mass is 387 g/mol. The van der Waals surface area contributed by atoms with Crippen LogP contribution in [0.4, 0.5) is 10.5 Å². The first kappa shape index (κ1) is 18.7. The number of halogens is 1. The number of rotatable bonds is 5. The molecule has 7 nitrogen and oxygen atoms in total. The molecular formula is C19H18ClN3O4. The second-order valence-electron chi connectivity index (χ2n) is 6.21. The van der Waals surface area contributed by atoms with E-state index in [1.807, 2.05) is 0 Å². The van der Waals surface area contributed by atoms with Crippen LogP contribution in [0, 0.1) is 0 Å². The predicted octanol–water partition coefficient (Wildman–Crippen LogP) is 2.75. The molecule has 0 unspecified atom stereocenters. The number of nitrogens with one attached hydrogen (secondary N) is 2. The van der Waals surface area contributed by atoms with Crippen molar-refractivity contribution >= 4 is 35.1 Å². The SMILES string of the molecule is COc1cccc(NC(=O)CN2C(=O)N[C@@](C)(c3ccccc3Cl)C2=O)c1. The third-order valence-corrected chi connectivity index (χ3v) is 4.67. The van der Waals surface area contributed by atoms with Crippen LogP contribution < -0.4 is 15.4 Å². The number of ether oxygens (including phenoxy) is 1. The second kappa shape index (κ2) is 7.28. The number of anilines is 1. The van der Waals surface area contributed by atoms with Crippen LogP contribution in [0.25, 0.3) is 0 Å². The van der Waals surface area contributed by atoms with Crippen LogP contribution in [0.5, 0.6) is 5.75 Å². The summed E-state index contributed by atoms with van der Waals surface area (Å²) in [5.74, 6) is -0.467. The largest absolute Gasteiger partial charge is 0.497 e. The standard InChI is InChI=1S/C19H18ClN3O4/c1-19(14-8-3-4-9-15(14)20)17(25)23(18(26)22-19)11-16(24)21-12-6-5-7-13(10-12)27-2/h3-10H,11H2,1-2H3,(H,21,24)(H,22,26)/t19-/m0/s1. The second-order valence-corrected chi connectivity index (χ2v) is 6.61. The predicted molar refractivity (Wildman–Crippen MR) is 101 cm³/mol. The van der Waals surface area contributed by atoms with E-state index in [0.29, 0.717) is 22.0 Å². The minimum absolute atomic E-state index is 0.358. The van der Waals surface area contributed by atoms with Crippen molar-refractivity contribution in [3.8, 4) is 5.75 Å². The molecule has 0 aromatic heterocycles. The van der Waals surface area contributed by atoms with E-state index < -0.39 is 29.9 Å². The fourth-order valence-electron chi connectivity index (χ4n) is 2.93. The number of imide groups is 1. The molecule has 0 aliphatic carbocycles. The lowest BCUT2D eigenvalue weighted by molar-refractivity contribution is -0.133. The number of methoxy groups -OCH3 is 1. The third kappa shape index (κ3) is 3.59. The van der Waals surface area contributed by atoms with Crippen LogP contribution in [0.3, 0.4) is 0 Å². The highest BCUT2D eigenvalue weighted by Crippen LogP contribution is 2.33. The van der Waals surface area contributed by atoms with Crippen LogP contribution in [0.15, 0.2) is 48.5 Å². The van der Waals surface area contributed by atoms with Gasteiger partial charge in [-0.2, -0.15) is 0 Å². The third-order valence-electron chi connectivity index (χ3n) is 4.34. The summed E-state index contributed by atoms with van der Waals surface area (Å²) < 4.78 is 5.10. The Kier molecular flexibility index (Phi) is 5.05. The fraction of sp³-hybridized carbons (Fsp3) is 0.211. The minimum Gasteiger partial charge on any atom is -0.497 e. The summed E-state index contributed by atoms with van der Waals surface area (Å²) in [6.07, 6.45) is 0. The zero-order valence-electron chi connectivity index (χ0n) is 14.8. The maximum atomic E-state index is 12.9. The van der Waals surface area contributed by atoms with Crippen molar-refractivity contribution in [2.75, 3.05) is 19.0 Å². The highest BCUT2D eigenvalue weighted by molar-refractivity contribution is 6.32. The van der Waals surface area contributed by atoms with Gasteiger partial charge in [-0.15, -0.1) is 0 Å². The highest BCUT2D eigenvalue weighted by Gasteiger charge is 2.50. The summed E-state index contributed by atoms with van der Waals surface area (Å²) in [5.41, 5.74) is -0.355. The minimum atomic E-state index is -1.33. The topological polar surface area (TPSA) is 87.7 Å². The van der Waals surface area contributed by atoms with Gasteiger partial charge in [0.05, 0.1) is 7.11 Å². The van der Waals surface area contributed by atoms with Gasteiger partial charge in [0.15, 0.2) is 0 Å². The molecule has 2 aromatic rings. The molecule has 0 saturated carbocycles. The van der Waals surface area contributed by atoms with Crippen molar-refractivity contribution in [3.63, 3.8) is 0 Å². The summed E-state index contributed by atoms with van der Waals surface area (Å²) in [5, 5.41) is 5.63. The van der Waals surface area contributed by atoms with Crippen LogP contribution >= 0.6 is 11.6 Å². The first-order valence-electron chi connectivity index (χ1n) is 8.18. The van der Waals surface area contributed by atoms with Crippen LogP contribution in [-0.2, 0) is 15.1 Å². The van der Waals surface area contributed by atoms with E-state index >= 15 is 0 Å². The van der Waals surface area contributed by atoms with Gasteiger partial charge in [-0.1, -0.05) is 35.9 Å². The molecule has 1 aliphatic rings. The van der Waals surface area contributed by atoms with Gasteiger partial charge >= 0.3 is 6.03 Å². The summed E-state index contributed by atoms with van der Waals surface area (Å²) in [7, 11) is 1.52. The van der Waals surface area contributed by atoms with E-state index in [1.54, 1.807) is 55.5 Å². The van der Waals surface area contributed by atoms with E-state index in [1.165, 1.54) is 7.11 Å². The number of hydrogen-bond donors (Lipinski definition) is 2. The van der Waals surface area contributed by atoms with Crippen molar-refractivity contribution in [1.29, 1.82) is 0 Å². The zero-order valence-corrected chi connectivity index (χ0v) is 15.5. The Balaban J connectivity index is 1.75. The lowest BCUT2D eigenvalue weighted by Crippen LogP contribution is -2.42. The first-order valence-corrected chi connectivity index (χ1v) is 8.56. The summed E-state index contributed by atoms with van der Waals surface area (Å²) in [6, 6.07) is 12.9. The molecule has 4 amide bonds. The first-order chi connectivity index (χ1) is 12.8. The molecule has 0 spiro atoms. The highest BCUT2D eigenvalue weighted by atomic mass is 35.5. The number of amides is 4. The smallest absolute Gasteiger partial charge is 0.325 e. The van der Waals surface area contributed by atoms with E-state index in [2.05, 4.69) is 10.6 Å². The van der Waals surface area contributed by atoms with Gasteiger partial charge in [0.2, 0.25) is 5.91 Å². The van der Waals surface area contributed by atoms with Gasteiger partial charge < -0.3 is 15.4 Å². The molecule has 0 radical (unpaired) electrons. The van der Waals surface area contributed by atoms with E-state index in [-0.39, 0.29) is 0 Å². The average Bonchev–Trinajstić information content (AvgIpc) is 2.86. The van der Waals surface area contributed by atoms with Crippen molar-refractivity contribution < 1.29 is 19.1 Å². The zero-order chi connectivity index (χ0) is 19.6. The average molecular weight is 388 g/mol. The molecule has 2 aromatic carbocycles. The molecule has 8 heteroatoms. The number of urea groups is 1. The Labute approximate surface area is 161 Å². The molecule has 1 atom stereocenters. The molecular weight excluding hydrogens is 370 g/mol. The number of carbonyl (C=O) groups is 3. The van der Waals surface area contributed by atoms with E-state index in [0.717, 1.165) is 4.90 Å². The lowest BCUT2D eigenvalue weighted by Gasteiger charge is -2.23. The Bertz CT molecular complexity index is 917. The van der Waals surface area contributed by atoms with Crippen LogP contribution in [-0.4, -0.2) is 36.4 Å². The summed E-state index contributed by atoms with van der Waals surface area (Å²) in [4.78, 5) is 38.4. The van der Waals surface area contributed by atoms with Crippen molar-refractivity contribution in [2.45, 2.75) is 12.5 Å². The molecule has 3 rings (SSSR count). The molecule has 1 aliphatic heterocycles. The van der Waals surface area contributed by atoms with Gasteiger partial charge in [-0.05, 0) is 25.1 Å². The number of hydrogen-bond acceptors (Lipinski definition) is 4. The fourth-order valence-corrected chi connectivity index (χ4v) is 3.26. The van der Waals surface area contributed by atoms with Crippen molar-refractivity contribution in [2.24, 2.45) is 0 Å². The molecule has 0 bridgehead atoms. The molecule has 1 heterocycles. The summed E-state index contributed by atoms with van der Waals surface area (Å²) >= 11 is 6.18. The maximum Gasteiger partial charge on any atom is 0.325 e. The molecule has 27 heavy (non-hydrogen) atoms. The van der Waals surface area contributed by atoms with Gasteiger partial charge in [0, 0.05) is 22.3 Å². The Morgan fingerprint density at radius 1 is 1.22 bits per heavy atom. The van der Waals surface area contributed by atoms with Crippen LogP contribution in [0.2, 0.25) is 5.02 Å². The molecule has 1 saturated heterocycles. The van der Waals surface area contributed by atoms with Gasteiger partial charge in [-0.3, -0.25) is 14.5 Å². The lowest BCUT2D eigenvalue weighted by atomic mass is 9.92.